The molecule has 2 aromatic heterocycles. The van der Waals surface area contributed by atoms with Gasteiger partial charge in [0.05, 0.1) is 5.39 Å². The van der Waals surface area contributed by atoms with Crippen LogP contribution in [-0.2, 0) is 16.1 Å². The Morgan fingerprint density at radius 2 is 1.96 bits per heavy atom. The summed E-state index contributed by atoms with van der Waals surface area (Å²) in [4.78, 5) is 43.0. The minimum absolute atomic E-state index is 0.0748. The minimum Gasteiger partial charge on any atom is -0.452 e. The summed E-state index contributed by atoms with van der Waals surface area (Å²) in [5, 5.41) is 0.368. The summed E-state index contributed by atoms with van der Waals surface area (Å²) < 4.78 is 6.83. The van der Waals surface area contributed by atoms with Gasteiger partial charge >= 0.3 is 5.97 Å². The molecule has 0 spiro atoms. The van der Waals surface area contributed by atoms with Gasteiger partial charge < -0.3 is 14.2 Å². The van der Waals surface area contributed by atoms with Gasteiger partial charge in [-0.3, -0.25) is 9.59 Å². The van der Waals surface area contributed by atoms with Crippen LogP contribution in [-0.4, -0.2) is 46.0 Å². The molecule has 1 amide bonds. The highest BCUT2D eigenvalue weighted by molar-refractivity contribution is 5.94. The summed E-state index contributed by atoms with van der Waals surface area (Å²) >= 11 is 0. The van der Waals surface area contributed by atoms with E-state index >= 15 is 0 Å². The zero-order valence-electron chi connectivity index (χ0n) is 14.4. The second-order valence-electron chi connectivity index (χ2n) is 6.15. The number of aromatic nitrogens is 2. The number of esters is 1. The van der Waals surface area contributed by atoms with Gasteiger partial charge in [-0.05, 0) is 38.8 Å². The third kappa shape index (κ3) is 3.40. The molecule has 3 heterocycles. The topological polar surface area (TPSA) is 81.5 Å². The van der Waals surface area contributed by atoms with E-state index in [1.165, 1.54) is 6.20 Å². The first kappa shape index (κ1) is 17.1. The quantitative estimate of drug-likeness (QED) is 0.786. The molecule has 1 aliphatic rings. The van der Waals surface area contributed by atoms with Crippen LogP contribution >= 0.6 is 0 Å². The maximum atomic E-state index is 12.6. The number of likely N-dealkylation sites (tertiary alicyclic amines) is 1. The monoisotopic (exact) mass is 343 g/mol. The predicted octanol–water partition coefficient (Wildman–Crippen LogP) is 1.50. The Balaban J connectivity index is 1.86. The molecule has 1 fully saturated rings. The third-order valence-corrected chi connectivity index (χ3v) is 4.41. The molecule has 0 radical (unpaired) electrons. The van der Waals surface area contributed by atoms with E-state index in [1.807, 2.05) is 13.8 Å². The van der Waals surface area contributed by atoms with E-state index in [4.69, 9.17) is 4.74 Å². The van der Waals surface area contributed by atoms with E-state index in [0.29, 0.717) is 30.7 Å². The average molecular weight is 343 g/mol. The Hall–Kier alpha value is -2.70. The van der Waals surface area contributed by atoms with Crippen LogP contribution in [0, 0.1) is 6.92 Å². The summed E-state index contributed by atoms with van der Waals surface area (Å²) in [7, 11) is 0. The van der Waals surface area contributed by atoms with Crippen molar-refractivity contribution in [1.29, 1.82) is 0 Å². The van der Waals surface area contributed by atoms with E-state index in [2.05, 4.69) is 4.98 Å². The number of hydrogen-bond donors (Lipinski definition) is 0. The number of rotatable bonds is 4. The van der Waals surface area contributed by atoms with Crippen molar-refractivity contribution >= 4 is 22.9 Å². The van der Waals surface area contributed by atoms with Gasteiger partial charge in [-0.1, -0.05) is 0 Å². The van der Waals surface area contributed by atoms with Crippen molar-refractivity contribution in [2.24, 2.45) is 0 Å². The molecular formula is C18H21N3O4. The number of pyridine rings is 2. The second kappa shape index (κ2) is 7.04. The van der Waals surface area contributed by atoms with Crippen molar-refractivity contribution in [3.05, 3.63) is 39.8 Å². The minimum atomic E-state index is -0.776. The van der Waals surface area contributed by atoms with Gasteiger partial charge in [-0.2, -0.15) is 0 Å². The fourth-order valence-corrected chi connectivity index (χ4v) is 3.01. The standard InChI is InChI=1S/C18H21N3O4/c1-3-20-10-14(16(23)13-7-6-12(2)19-17(13)20)18(24)25-11-15(22)21-8-4-5-9-21/h6-7,10H,3-5,8-9,11H2,1-2H3. The van der Waals surface area contributed by atoms with Crippen molar-refractivity contribution in [2.45, 2.75) is 33.2 Å². The van der Waals surface area contributed by atoms with Gasteiger partial charge in [-0.25, -0.2) is 9.78 Å². The molecule has 7 nitrogen and oxygen atoms in total. The molecule has 3 rings (SSSR count). The fraction of sp³-hybridized carbons (Fsp3) is 0.444. The van der Waals surface area contributed by atoms with E-state index < -0.39 is 11.4 Å². The lowest BCUT2D eigenvalue weighted by Gasteiger charge is -2.15. The Bertz CT molecular complexity index is 882. The lowest BCUT2D eigenvalue weighted by molar-refractivity contribution is -0.133. The number of amides is 1. The summed E-state index contributed by atoms with van der Waals surface area (Å²) in [5.74, 6) is -0.998. The molecule has 0 aromatic carbocycles. The van der Waals surface area contributed by atoms with Gasteiger partial charge in [-0.15, -0.1) is 0 Å². The van der Waals surface area contributed by atoms with Crippen LogP contribution in [0.2, 0.25) is 0 Å². The lowest BCUT2D eigenvalue weighted by atomic mass is 10.2. The Labute approximate surface area is 145 Å². The average Bonchev–Trinajstić information content (AvgIpc) is 3.14. The lowest BCUT2D eigenvalue weighted by Crippen LogP contribution is -2.32. The van der Waals surface area contributed by atoms with E-state index in [9.17, 15) is 14.4 Å². The number of nitrogens with zero attached hydrogens (tertiary/aromatic N) is 3. The van der Waals surface area contributed by atoms with Gasteiger partial charge in [0.15, 0.2) is 6.61 Å². The number of fused-ring (bicyclic) bond motifs is 1. The molecule has 2 aromatic rings. The smallest absolute Gasteiger partial charge is 0.344 e. The highest BCUT2D eigenvalue weighted by Crippen LogP contribution is 2.12. The Morgan fingerprint density at radius 3 is 2.64 bits per heavy atom. The third-order valence-electron chi connectivity index (χ3n) is 4.41. The Kier molecular flexibility index (Phi) is 4.83. The van der Waals surface area contributed by atoms with E-state index in [1.54, 1.807) is 21.6 Å². The molecule has 0 atom stereocenters. The van der Waals surface area contributed by atoms with Crippen molar-refractivity contribution in [3.8, 4) is 0 Å². The molecule has 0 aliphatic carbocycles. The zero-order valence-corrected chi connectivity index (χ0v) is 14.4. The molecule has 0 saturated carbocycles. The summed E-state index contributed by atoms with van der Waals surface area (Å²) in [5.41, 5.74) is 0.831. The summed E-state index contributed by atoms with van der Waals surface area (Å²) in [6, 6.07) is 3.40. The van der Waals surface area contributed by atoms with Crippen LogP contribution in [0.25, 0.3) is 11.0 Å². The number of ether oxygens (including phenoxy) is 1. The van der Waals surface area contributed by atoms with Gasteiger partial charge in [0.25, 0.3) is 5.91 Å². The SMILES string of the molecule is CCn1cc(C(=O)OCC(=O)N2CCCC2)c(=O)c2ccc(C)nc21. The molecule has 0 bridgehead atoms. The molecule has 7 heteroatoms. The first-order valence-corrected chi connectivity index (χ1v) is 8.47. The summed E-state index contributed by atoms with van der Waals surface area (Å²) in [6.45, 7) is 5.35. The number of carbonyl (C=O) groups excluding carboxylic acids is 2. The van der Waals surface area contributed by atoms with Crippen molar-refractivity contribution < 1.29 is 14.3 Å². The van der Waals surface area contributed by atoms with E-state index in [-0.39, 0.29) is 18.1 Å². The van der Waals surface area contributed by atoms with Crippen LogP contribution in [0.1, 0.15) is 35.8 Å². The maximum Gasteiger partial charge on any atom is 0.344 e. The highest BCUT2D eigenvalue weighted by Gasteiger charge is 2.22. The van der Waals surface area contributed by atoms with Crippen LogP contribution < -0.4 is 5.43 Å². The Morgan fingerprint density at radius 1 is 1.24 bits per heavy atom. The van der Waals surface area contributed by atoms with E-state index in [0.717, 1.165) is 18.5 Å². The molecule has 25 heavy (non-hydrogen) atoms. The van der Waals surface area contributed by atoms with Crippen molar-refractivity contribution in [1.82, 2.24) is 14.5 Å². The first-order valence-electron chi connectivity index (χ1n) is 8.47. The second-order valence-corrected chi connectivity index (χ2v) is 6.15. The molecule has 132 valence electrons. The largest absolute Gasteiger partial charge is 0.452 e. The molecular weight excluding hydrogens is 322 g/mol. The summed E-state index contributed by atoms with van der Waals surface area (Å²) in [6.07, 6.45) is 3.40. The normalized spacial score (nSPS) is 14.1. The number of hydrogen-bond acceptors (Lipinski definition) is 5. The van der Waals surface area contributed by atoms with Crippen LogP contribution in [0.3, 0.4) is 0 Å². The van der Waals surface area contributed by atoms with Crippen LogP contribution in [0.5, 0.6) is 0 Å². The van der Waals surface area contributed by atoms with Crippen LogP contribution in [0.4, 0.5) is 0 Å². The van der Waals surface area contributed by atoms with Gasteiger partial charge in [0, 0.05) is 31.5 Å². The molecule has 1 aliphatic heterocycles. The number of aryl methyl sites for hydroxylation is 2. The molecule has 1 saturated heterocycles. The first-order chi connectivity index (χ1) is 12.0. The van der Waals surface area contributed by atoms with Gasteiger partial charge in [0.1, 0.15) is 11.2 Å². The molecule has 0 unspecified atom stereocenters. The van der Waals surface area contributed by atoms with Gasteiger partial charge in [0.2, 0.25) is 5.43 Å². The maximum absolute atomic E-state index is 12.6. The predicted molar refractivity (Wildman–Crippen MR) is 92.5 cm³/mol. The fourth-order valence-electron chi connectivity index (χ4n) is 3.01. The zero-order chi connectivity index (χ0) is 18.0. The van der Waals surface area contributed by atoms with Crippen LogP contribution in [0.15, 0.2) is 23.1 Å². The van der Waals surface area contributed by atoms with Crippen molar-refractivity contribution in [2.75, 3.05) is 19.7 Å². The number of carbonyl (C=O) groups is 2. The molecule has 0 N–H and O–H groups in total. The van der Waals surface area contributed by atoms with Crippen molar-refractivity contribution in [3.63, 3.8) is 0 Å². The highest BCUT2D eigenvalue weighted by atomic mass is 16.5.